The van der Waals surface area contributed by atoms with Gasteiger partial charge in [-0.3, -0.25) is 14.3 Å². The van der Waals surface area contributed by atoms with Gasteiger partial charge in [0.15, 0.2) is 0 Å². The third-order valence-electron chi connectivity index (χ3n) is 4.04. The van der Waals surface area contributed by atoms with Crippen molar-refractivity contribution in [2.75, 3.05) is 13.7 Å². The van der Waals surface area contributed by atoms with E-state index >= 15 is 0 Å². The van der Waals surface area contributed by atoms with Crippen LogP contribution in [0.1, 0.15) is 17.3 Å². The number of aryl methyl sites for hydroxylation is 1. The highest BCUT2D eigenvalue weighted by molar-refractivity contribution is 5.95. The summed E-state index contributed by atoms with van der Waals surface area (Å²) in [6.45, 7) is 2.04. The van der Waals surface area contributed by atoms with E-state index < -0.39 is 17.3 Å². The van der Waals surface area contributed by atoms with Gasteiger partial charge in [0.25, 0.3) is 11.5 Å². The number of ether oxygens (including phenoxy) is 1. The van der Waals surface area contributed by atoms with E-state index in [1.165, 1.54) is 36.2 Å². The van der Waals surface area contributed by atoms with Gasteiger partial charge in [-0.1, -0.05) is 12.1 Å². The third-order valence-corrected chi connectivity index (χ3v) is 4.04. The average Bonchev–Trinajstić information content (AvgIpc) is 3.08. The van der Waals surface area contributed by atoms with Crippen LogP contribution in [-0.2, 0) is 11.8 Å². The molecule has 2 aromatic heterocycles. The number of rotatable bonds is 6. The quantitative estimate of drug-likeness (QED) is 0.695. The first-order valence-electron chi connectivity index (χ1n) is 8.58. The molecule has 2 heterocycles. The van der Waals surface area contributed by atoms with Gasteiger partial charge in [0.05, 0.1) is 24.7 Å². The maximum atomic E-state index is 14.3. The molecular formula is C19H20FN5O3. The SMILES string of the molecule is COC[C@H](C)NC(=O)c1cc(-c2ccccc2F)nn(-c2cnn(C)c2)c1=O. The molecule has 0 aliphatic carbocycles. The number of hydrogen-bond donors (Lipinski definition) is 1. The largest absolute Gasteiger partial charge is 0.383 e. The smallest absolute Gasteiger partial charge is 0.284 e. The van der Waals surface area contributed by atoms with E-state index in [0.29, 0.717) is 5.69 Å². The molecule has 1 atom stereocenters. The molecule has 0 fully saturated rings. The van der Waals surface area contributed by atoms with Crippen LogP contribution in [0.15, 0.2) is 47.5 Å². The van der Waals surface area contributed by atoms with E-state index in [2.05, 4.69) is 15.5 Å². The molecule has 9 heteroatoms. The Balaban J connectivity index is 2.15. The van der Waals surface area contributed by atoms with Gasteiger partial charge in [-0.25, -0.2) is 4.39 Å². The summed E-state index contributed by atoms with van der Waals surface area (Å²) in [4.78, 5) is 25.6. The summed E-state index contributed by atoms with van der Waals surface area (Å²) in [6.07, 6.45) is 3.02. The van der Waals surface area contributed by atoms with Gasteiger partial charge >= 0.3 is 0 Å². The minimum Gasteiger partial charge on any atom is -0.383 e. The molecule has 0 saturated heterocycles. The van der Waals surface area contributed by atoms with Crippen LogP contribution >= 0.6 is 0 Å². The Labute approximate surface area is 160 Å². The lowest BCUT2D eigenvalue weighted by atomic mass is 10.1. The highest BCUT2D eigenvalue weighted by Crippen LogP contribution is 2.21. The first-order chi connectivity index (χ1) is 13.4. The molecule has 0 aliphatic heterocycles. The highest BCUT2D eigenvalue weighted by Gasteiger charge is 2.20. The summed E-state index contributed by atoms with van der Waals surface area (Å²) in [5.41, 5.74) is -0.0785. The number of benzene rings is 1. The van der Waals surface area contributed by atoms with E-state index in [1.807, 2.05) is 0 Å². The second kappa shape index (κ2) is 8.13. The molecule has 3 aromatic rings. The molecule has 0 bridgehead atoms. The topological polar surface area (TPSA) is 91.0 Å². The lowest BCUT2D eigenvalue weighted by molar-refractivity contribution is 0.0903. The zero-order chi connectivity index (χ0) is 20.3. The van der Waals surface area contributed by atoms with Crippen molar-refractivity contribution in [1.29, 1.82) is 0 Å². The summed E-state index contributed by atoms with van der Waals surface area (Å²) < 4.78 is 21.8. The van der Waals surface area contributed by atoms with Crippen LogP contribution < -0.4 is 10.9 Å². The number of hydrogen-bond acceptors (Lipinski definition) is 5. The fourth-order valence-corrected chi connectivity index (χ4v) is 2.74. The Morgan fingerprint density at radius 1 is 1.36 bits per heavy atom. The summed E-state index contributed by atoms with van der Waals surface area (Å²) in [5.74, 6) is -1.10. The van der Waals surface area contributed by atoms with Crippen molar-refractivity contribution in [1.82, 2.24) is 24.9 Å². The maximum Gasteiger partial charge on any atom is 0.284 e. The molecule has 8 nitrogen and oxygen atoms in total. The molecule has 0 unspecified atom stereocenters. The van der Waals surface area contributed by atoms with E-state index in [9.17, 15) is 14.0 Å². The Morgan fingerprint density at radius 3 is 2.75 bits per heavy atom. The lowest BCUT2D eigenvalue weighted by Gasteiger charge is -2.14. The van der Waals surface area contributed by atoms with Crippen molar-refractivity contribution < 1.29 is 13.9 Å². The van der Waals surface area contributed by atoms with E-state index in [4.69, 9.17) is 4.74 Å². The molecule has 1 aromatic carbocycles. The zero-order valence-corrected chi connectivity index (χ0v) is 15.7. The Morgan fingerprint density at radius 2 is 2.11 bits per heavy atom. The number of halogens is 1. The minimum absolute atomic E-state index is 0.153. The molecule has 146 valence electrons. The predicted molar refractivity (Wildman–Crippen MR) is 101 cm³/mol. The number of amides is 1. The molecule has 0 spiro atoms. The minimum atomic E-state index is -0.629. The summed E-state index contributed by atoms with van der Waals surface area (Å²) >= 11 is 0. The second-order valence-corrected chi connectivity index (χ2v) is 6.34. The zero-order valence-electron chi connectivity index (χ0n) is 15.7. The number of aromatic nitrogens is 4. The molecule has 1 N–H and O–H groups in total. The van der Waals surface area contributed by atoms with Crippen LogP contribution in [0, 0.1) is 5.82 Å². The lowest BCUT2D eigenvalue weighted by Crippen LogP contribution is -2.39. The van der Waals surface area contributed by atoms with Crippen LogP contribution in [0.2, 0.25) is 0 Å². The van der Waals surface area contributed by atoms with Crippen LogP contribution in [0.3, 0.4) is 0 Å². The first-order valence-corrected chi connectivity index (χ1v) is 8.58. The predicted octanol–water partition coefficient (Wildman–Crippen LogP) is 1.54. The number of nitrogens with one attached hydrogen (secondary N) is 1. The number of methoxy groups -OCH3 is 1. The van der Waals surface area contributed by atoms with Crippen molar-refractivity contribution in [2.24, 2.45) is 7.05 Å². The average molecular weight is 385 g/mol. The standard InChI is InChI=1S/C19H20FN5O3/c1-12(11-28-3)22-18(26)15-8-17(14-6-4-5-7-16(14)20)23-25(19(15)27)13-9-21-24(2)10-13/h4-10,12H,11H2,1-3H3,(H,22,26)/t12-/m0/s1. The number of nitrogens with zero attached hydrogens (tertiary/aromatic N) is 4. The Kier molecular flexibility index (Phi) is 5.65. The fraction of sp³-hybridized carbons (Fsp3) is 0.263. The van der Waals surface area contributed by atoms with Crippen molar-refractivity contribution in [3.63, 3.8) is 0 Å². The first kappa shape index (κ1) is 19.4. The molecule has 3 rings (SSSR count). The monoisotopic (exact) mass is 385 g/mol. The molecule has 0 radical (unpaired) electrons. The molecule has 1 amide bonds. The van der Waals surface area contributed by atoms with Crippen LogP contribution in [0.5, 0.6) is 0 Å². The van der Waals surface area contributed by atoms with Crippen LogP contribution in [0.25, 0.3) is 16.9 Å². The third kappa shape index (κ3) is 3.99. The van der Waals surface area contributed by atoms with Crippen molar-refractivity contribution >= 4 is 5.91 Å². The van der Waals surface area contributed by atoms with Gasteiger partial charge < -0.3 is 10.1 Å². The maximum absolute atomic E-state index is 14.3. The molecule has 28 heavy (non-hydrogen) atoms. The van der Waals surface area contributed by atoms with Crippen molar-refractivity contribution in [3.05, 3.63) is 64.5 Å². The van der Waals surface area contributed by atoms with Gasteiger partial charge in [-0.2, -0.15) is 14.9 Å². The Hall–Kier alpha value is -3.33. The number of carbonyl (C=O) groups excluding carboxylic acids is 1. The molecule has 0 aliphatic rings. The molecular weight excluding hydrogens is 365 g/mol. The fourth-order valence-electron chi connectivity index (χ4n) is 2.74. The van der Waals surface area contributed by atoms with Gasteiger partial charge in [-0.05, 0) is 25.1 Å². The van der Waals surface area contributed by atoms with Gasteiger partial charge in [-0.15, -0.1) is 0 Å². The summed E-state index contributed by atoms with van der Waals surface area (Å²) in [6, 6.07) is 7.01. The number of carbonyl (C=O) groups is 1. The van der Waals surface area contributed by atoms with E-state index in [1.54, 1.807) is 32.3 Å². The van der Waals surface area contributed by atoms with E-state index in [0.717, 1.165) is 4.68 Å². The van der Waals surface area contributed by atoms with Crippen molar-refractivity contribution in [2.45, 2.75) is 13.0 Å². The normalized spacial score (nSPS) is 12.0. The van der Waals surface area contributed by atoms with Gasteiger partial charge in [0.2, 0.25) is 0 Å². The van der Waals surface area contributed by atoms with Gasteiger partial charge in [0, 0.05) is 25.8 Å². The Bertz CT molecular complexity index is 1060. The van der Waals surface area contributed by atoms with Gasteiger partial charge in [0.1, 0.15) is 17.1 Å². The molecule has 0 saturated carbocycles. The van der Waals surface area contributed by atoms with Crippen molar-refractivity contribution in [3.8, 4) is 16.9 Å². The van der Waals surface area contributed by atoms with Crippen LogP contribution in [-0.4, -0.2) is 45.2 Å². The van der Waals surface area contributed by atoms with Crippen LogP contribution in [0.4, 0.5) is 4.39 Å². The second-order valence-electron chi connectivity index (χ2n) is 6.34. The van der Waals surface area contributed by atoms with E-state index in [-0.39, 0.29) is 29.5 Å². The summed E-state index contributed by atoms with van der Waals surface area (Å²) in [5, 5.41) is 11.0. The highest BCUT2D eigenvalue weighted by atomic mass is 19.1. The summed E-state index contributed by atoms with van der Waals surface area (Å²) in [7, 11) is 3.20.